The van der Waals surface area contributed by atoms with Gasteiger partial charge >= 0.3 is 0 Å². The SMILES string of the molecule is NC(=O)COc1cccc(C(=O)NC(c2ccccc2)c2ccccn2)c1. The third-order valence-corrected chi connectivity index (χ3v) is 3.87. The third kappa shape index (κ3) is 4.92. The summed E-state index contributed by atoms with van der Waals surface area (Å²) in [5.41, 5.74) is 7.15. The lowest BCUT2D eigenvalue weighted by molar-refractivity contribution is -0.119. The zero-order valence-electron chi connectivity index (χ0n) is 14.5. The fourth-order valence-corrected chi connectivity index (χ4v) is 2.62. The highest BCUT2D eigenvalue weighted by atomic mass is 16.5. The number of carbonyl (C=O) groups is 2. The minimum Gasteiger partial charge on any atom is -0.484 e. The number of aromatic nitrogens is 1. The fourth-order valence-electron chi connectivity index (χ4n) is 2.62. The Labute approximate surface area is 157 Å². The molecular formula is C21H19N3O3. The van der Waals surface area contributed by atoms with E-state index >= 15 is 0 Å². The van der Waals surface area contributed by atoms with E-state index in [2.05, 4.69) is 10.3 Å². The summed E-state index contributed by atoms with van der Waals surface area (Å²) in [6, 6.07) is 21.4. The van der Waals surface area contributed by atoms with Crippen molar-refractivity contribution in [1.82, 2.24) is 10.3 Å². The summed E-state index contributed by atoms with van der Waals surface area (Å²) in [4.78, 5) is 28.0. The quantitative estimate of drug-likeness (QED) is 0.676. The van der Waals surface area contributed by atoms with E-state index < -0.39 is 11.9 Å². The lowest BCUT2D eigenvalue weighted by Gasteiger charge is -2.19. The second-order valence-electron chi connectivity index (χ2n) is 5.85. The predicted octanol–water partition coefficient (Wildman–Crippen LogP) is 2.47. The van der Waals surface area contributed by atoms with Gasteiger partial charge in [-0.2, -0.15) is 0 Å². The molecule has 0 spiro atoms. The summed E-state index contributed by atoms with van der Waals surface area (Å²) in [7, 11) is 0. The van der Waals surface area contributed by atoms with Crippen LogP contribution in [0.4, 0.5) is 0 Å². The van der Waals surface area contributed by atoms with Gasteiger partial charge in [-0.25, -0.2) is 0 Å². The van der Waals surface area contributed by atoms with Crippen molar-refractivity contribution in [2.24, 2.45) is 5.73 Å². The lowest BCUT2D eigenvalue weighted by Crippen LogP contribution is -2.30. The van der Waals surface area contributed by atoms with Crippen LogP contribution in [0.5, 0.6) is 5.75 Å². The van der Waals surface area contributed by atoms with E-state index in [1.807, 2.05) is 48.5 Å². The topological polar surface area (TPSA) is 94.3 Å². The van der Waals surface area contributed by atoms with E-state index in [1.165, 1.54) is 0 Å². The Balaban J connectivity index is 1.83. The highest BCUT2D eigenvalue weighted by molar-refractivity contribution is 5.95. The first-order chi connectivity index (χ1) is 13.1. The lowest BCUT2D eigenvalue weighted by atomic mass is 10.0. The largest absolute Gasteiger partial charge is 0.484 e. The fraction of sp³-hybridized carbons (Fsp3) is 0.0952. The Morgan fingerprint density at radius 1 is 1.00 bits per heavy atom. The van der Waals surface area contributed by atoms with Gasteiger partial charge in [-0.15, -0.1) is 0 Å². The number of nitrogens with zero attached hydrogens (tertiary/aromatic N) is 1. The van der Waals surface area contributed by atoms with Gasteiger partial charge in [0, 0.05) is 11.8 Å². The van der Waals surface area contributed by atoms with Gasteiger partial charge in [0.1, 0.15) is 5.75 Å². The number of nitrogens with two attached hydrogens (primary N) is 1. The molecule has 0 saturated heterocycles. The Kier molecular flexibility index (Phi) is 5.79. The van der Waals surface area contributed by atoms with E-state index in [0.717, 1.165) is 11.3 Å². The van der Waals surface area contributed by atoms with E-state index in [0.29, 0.717) is 11.3 Å². The molecule has 0 radical (unpaired) electrons. The highest BCUT2D eigenvalue weighted by Gasteiger charge is 2.19. The van der Waals surface area contributed by atoms with Crippen LogP contribution in [0.1, 0.15) is 27.7 Å². The molecule has 2 aromatic carbocycles. The molecule has 1 heterocycles. The first-order valence-electron chi connectivity index (χ1n) is 8.41. The number of rotatable bonds is 7. The van der Waals surface area contributed by atoms with Crippen molar-refractivity contribution in [3.63, 3.8) is 0 Å². The monoisotopic (exact) mass is 361 g/mol. The van der Waals surface area contributed by atoms with Crippen LogP contribution in [0.25, 0.3) is 0 Å². The van der Waals surface area contributed by atoms with Crippen LogP contribution in [0.15, 0.2) is 79.0 Å². The normalized spacial score (nSPS) is 11.4. The maximum absolute atomic E-state index is 12.8. The second-order valence-corrected chi connectivity index (χ2v) is 5.85. The van der Waals surface area contributed by atoms with E-state index in [-0.39, 0.29) is 12.5 Å². The van der Waals surface area contributed by atoms with Gasteiger partial charge in [0.2, 0.25) is 0 Å². The third-order valence-electron chi connectivity index (χ3n) is 3.87. The molecule has 3 rings (SSSR count). The molecular weight excluding hydrogens is 342 g/mol. The molecule has 0 aliphatic heterocycles. The molecule has 0 bridgehead atoms. The summed E-state index contributed by atoms with van der Waals surface area (Å²) in [6.07, 6.45) is 1.69. The maximum Gasteiger partial charge on any atom is 0.255 e. The molecule has 3 aromatic rings. The van der Waals surface area contributed by atoms with Gasteiger partial charge in [0.25, 0.3) is 11.8 Å². The van der Waals surface area contributed by atoms with Crippen LogP contribution in [-0.4, -0.2) is 23.4 Å². The smallest absolute Gasteiger partial charge is 0.255 e. The molecule has 0 aliphatic carbocycles. The van der Waals surface area contributed by atoms with Crippen molar-refractivity contribution in [3.05, 3.63) is 95.8 Å². The van der Waals surface area contributed by atoms with Gasteiger partial charge in [0.15, 0.2) is 6.61 Å². The molecule has 1 atom stereocenters. The maximum atomic E-state index is 12.8. The zero-order valence-corrected chi connectivity index (χ0v) is 14.5. The minimum absolute atomic E-state index is 0.244. The summed E-state index contributed by atoms with van der Waals surface area (Å²) >= 11 is 0. The van der Waals surface area contributed by atoms with Gasteiger partial charge in [-0.05, 0) is 35.9 Å². The Hall–Kier alpha value is -3.67. The zero-order chi connectivity index (χ0) is 19.1. The number of nitrogens with one attached hydrogen (secondary N) is 1. The number of hydrogen-bond acceptors (Lipinski definition) is 4. The molecule has 27 heavy (non-hydrogen) atoms. The van der Waals surface area contributed by atoms with Crippen molar-refractivity contribution < 1.29 is 14.3 Å². The van der Waals surface area contributed by atoms with Crippen LogP contribution in [0.3, 0.4) is 0 Å². The molecule has 6 heteroatoms. The number of pyridine rings is 1. The van der Waals surface area contributed by atoms with Crippen molar-refractivity contribution in [1.29, 1.82) is 0 Å². The molecule has 1 aromatic heterocycles. The Bertz CT molecular complexity index is 875. The number of amides is 2. The van der Waals surface area contributed by atoms with Crippen LogP contribution >= 0.6 is 0 Å². The van der Waals surface area contributed by atoms with Crippen LogP contribution in [-0.2, 0) is 4.79 Å². The van der Waals surface area contributed by atoms with Crippen LogP contribution in [0.2, 0.25) is 0 Å². The molecule has 0 fully saturated rings. The van der Waals surface area contributed by atoms with Gasteiger partial charge in [-0.3, -0.25) is 14.6 Å². The van der Waals surface area contributed by atoms with Crippen molar-refractivity contribution in [2.45, 2.75) is 6.04 Å². The Morgan fingerprint density at radius 2 is 1.78 bits per heavy atom. The van der Waals surface area contributed by atoms with E-state index in [9.17, 15) is 9.59 Å². The van der Waals surface area contributed by atoms with Gasteiger partial charge in [0.05, 0.1) is 11.7 Å². The molecule has 136 valence electrons. The number of primary amides is 1. The van der Waals surface area contributed by atoms with E-state index in [1.54, 1.807) is 30.5 Å². The summed E-state index contributed by atoms with van der Waals surface area (Å²) < 4.78 is 5.27. The minimum atomic E-state index is -0.579. The first kappa shape index (κ1) is 18.1. The second kappa shape index (κ2) is 8.62. The summed E-state index contributed by atoms with van der Waals surface area (Å²) in [5, 5.41) is 3.01. The van der Waals surface area contributed by atoms with Crippen LogP contribution < -0.4 is 15.8 Å². The van der Waals surface area contributed by atoms with Crippen LogP contribution in [0, 0.1) is 0 Å². The molecule has 2 amide bonds. The Morgan fingerprint density at radius 3 is 2.48 bits per heavy atom. The number of ether oxygens (including phenoxy) is 1. The van der Waals surface area contributed by atoms with Gasteiger partial charge < -0.3 is 15.8 Å². The van der Waals surface area contributed by atoms with Gasteiger partial charge in [-0.1, -0.05) is 42.5 Å². The first-order valence-corrected chi connectivity index (χ1v) is 8.41. The molecule has 3 N–H and O–H groups in total. The van der Waals surface area contributed by atoms with Crippen molar-refractivity contribution in [2.75, 3.05) is 6.61 Å². The number of hydrogen-bond donors (Lipinski definition) is 2. The molecule has 1 unspecified atom stereocenters. The van der Waals surface area contributed by atoms with Crippen molar-refractivity contribution in [3.8, 4) is 5.75 Å². The number of benzene rings is 2. The standard InChI is InChI=1S/C21H19N3O3/c22-19(25)14-27-17-10-6-9-16(13-17)21(26)24-20(15-7-2-1-3-8-15)18-11-4-5-12-23-18/h1-13,20H,14H2,(H2,22,25)(H,24,26). The summed E-state index contributed by atoms with van der Waals surface area (Å²) in [5.74, 6) is -0.460. The summed E-state index contributed by atoms with van der Waals surface area (Å²) in [6.45, 7) is -0.244. The van der Waals surface area contributed by atoms with Crippen molar-refractivity contribution >= 4 is 11.8 Å². The average Bonchev–Trinajstić information content (AvgIpc) is 2.72. The average molecular weight is 361 g/mol. The number of carbonyl (C=O) groups excluding carboxylic acids is 2. The molecule has 0 saturated carbocycles. The highest BCUT2D eigenvalue weighted by Crippen LogP contribution is 2.21. The molecule has 0 aliphatic rings. The molecule has 6 nitrogen and oxygen atoms in total. The van der Waals surface area contributed by atoms with E-state index in [4.69, 9.17) is 10.5 Å². The predicted molar refractivity (Wildman–Crippen MR) is 101 cm³/mol.